The van der Waals surface area contributed by atoms with Crippen molar-refractivity contribution < 1.29 is 20.3 Å². The van der Waals surface area contributed by atoms with Gasteiger partial charge in [0, 0.05) is 0 Å². The van der Waals surface area contributed by atoms with Crippen molar-refractivity contribution in [1.29, 1.82) is 0 Å². The molecule has 1 aliphatic heterocycles. The number of rotatable bonds is 2. The first-order valence-corrected chi connectivity index (χ1v) is 15.5. The van der Waals surface area contributed by atoms with Crippen molar-refractivity contribution in [2.24, 2.45) is 0 Å². The van der Waals surface area contributed by atoms with Crippen molar-refractivity contribution in [3.8, 4) is 0 Å². The SMILES string of the molecule is C1=C[CH]([Zr]2([CH]3C=CC4=C3CCCC4)[CH2][CH2]2)C2=C1CCCC2.Cl.Cl. The van der Waals surface area contributed by atoms with E-state index in [1.807, 2.05) is 11.1 Å². The van der Waals surface area contributed by atoms with Crippen LogP contribution in [-0.4, -0.2) is 0 Å². The normalized spacial score (nSPS) is 33.0. The maximum absolute atomic E-state index is 2.69. The minimum atomic E-state index is -1.96. The van der Waals surface area contributed by atoms with E-state index in [9.17, 15) is 0 Å². The van der Waals surface area contributed by atoms with E-state index in [1.165, 1.54) is 51.4 Å². The summed E-state index contributed by atoms with van der Waals surface area (Å²) in [5.74, 6) is 0. The third-order valence-corrected chi connectivity index (χ3v) is 19.7. The van der Waals surface area contributed by atoms with E-state index >= 15 is 0 Å². The quantitative estimate of drug-likeness (QED) is 0.431. The van der Waals surface area contributed by atoms with Crippen LogP contribution in [-0.2, 0) is 20.3 Å². The van der Waals surface area contributed by atoms with Gasteiger partial charge in [0.15, 0.2) is 0 Å². The topological polar surface area (TPSA) is 0 Å². The van der Waals surface area contributed by atoms with Crippen LogP contribution >= 0.6 is 24.8 Å². The Kier molecular flexibility index (Phi) is 5.52. The van der Waals surface area contributed by atoms with Crippen LogP contribution in [0, 0.1) is 0 Å². The van der Waals surface area contributed by atoms with Crippen LogP contribution in [0.4, 0.5) is 0 Å². The van der Waals surface area contributed by atoms with Crippen LogP contribution in [0.3, 0.4) is 0 Å². The van der Waals surface area contributed by atoms with E-state index in [-0.39, 0.29) is 24.8 Å². The molecule has 0 N–H and O–H groups in total. The Morgan fingerprint density at radius 1 is 0.652 bits per heavy atom. The van der Waals surface area contributed by atoms with Crippen molar-refractivity contribution in [2.75, 3.05) is 0 Å². The fourth-order valence-corrected chi connectivity index (χ4v) is 22.0. The van der Waals surface area contributed by atoms with E-state index < -0.39 is 20.3 Å². The fraction of sp³-hybridized carbons (Fsp3) is 0.600. The van der Waals surface area contributed by atoms with Gasteiger partial charge in [-0.25, -0.2) is 0 Å². The average Bonchev–Trinajstić information content (AvgIpc) is 3.03. The molecule has 126 valence electrons. The molecule has 5 rings (SSSR count). The monoisotopic (exact) mass is 428 g/mol. The molecule has 1 fully saturated rings. The fourth-order valence-electron chi connectivity index (χ4n) is 5.69. The van der Waals surface area contributed by atoms with Crippen LogP contribution in [0.25, 0.3) is 0 Å². The summed E-state index contributed by atoms with van der Waals surface area (Å²) in [5.41, 5.74) is 7.42. The van der Waals surface area contributed by atoms with Gasteiger partial charge in [0.05, 0.1) is 0 Å². The first-order valence-electron chi connectivity index (χ1n) is 9.19. The Balaban J connectivity index is 0.000000781. The van der Waals surface area contributed by atoms with E-state index in [1.54, 1.807) is 19.4 Å². The average molecular weight is 431 g/mol. The Morgan fingerprint density at radius 3 is 1.52 bits per heavy atom. The van der Waals surface area contributed by atoms with Crippen molar-refractivity contribution in [3.63, 3.8) is 0 Å². The van der Waals surface area contributed by atoms with E-state index in [0.29, 0.717) is 0 Å². The molecule has 0 aromatic rings. The van der Waals surface area contributed by atoms with Gasteiger partial charge in [-0.05, 0) is 0 Å². The number of hydrogen-bond donors (Lipinski definition) is 0. The van der Waals surface area contributed by atoms with Gasteiger partial charge in [0.1, 0.15) is 0 Å². The standard InChI is InChI=1S/2C9H11.C2H4.2ClH.Zr/c2*1-2-5-9-7-3-6-8(9)4-1;1-2;;;/h2*3,6-7H,1-2,4-5H2;1-2H2;2*1H;. The van der Waals surface area contributed by atoms with E-state index in [2.05, 4.69) is 24.3 Å². The molecule has 0 nitrogen and oxygen atoms in total. The number of hydrogen-bond acceptors (Lipinski definition) is 0. The minimum absolute atomic E-state index is 0. The molecule has 0 bridgehead atoms. The molecular formula is C20H28Cl2Zr. The number of halogens is 2. The molecule has 0 amide bonds. The summed E-state index contributed by atoms with van der Waals surface area (Å²) in [5, 5.41) is 0. The molecule has 0 aromatic heterocycles. The molecular weight excluding hydrogens is 402 g/mol. The summed E-state index contributed by atoms with van der Waals surface area (Å²) in [6.45, 7) is 0. The molecule has 3 heteroatoms. The van der Waals surface area contributed by atoms with Crippen molar-refractivity contribution >= 4 is 24.8 Å². The van der Waals surface area contributed by atoms with Gasteiger partial charge in [-0.1, -0.05) is 0 Å². The van der Waals surface area contributed by atoms with Crippen LogP contribution in [0.1, 0.15) is 51.4 Å². The van der Waals surface area contributed by atoms with Gasteiger partial charge in [-0.2, -0.15) is 0 Å². The van der Waals surface area contributed by atoms with Gasteiger partial charge in [0.2, 0.25) is 0 Å². The summed E-state index contributed by atoms with van der Waals surface area (Å²) in [4.78, 5) is 0. The van der Waals surface area contributed by atoms with Crippen LogP contribution in [0.15, 0.2) is 46.6 Å². The van der Waals surface area contributed by atoms with E-state index in [4.69, 9.17) is 0 Å². The molecule has 1 saturated heterocycles. The third kappa shape index (κ3) is 2.84. The minimum Gasteiger partial charge on any atom is -0.147 e. The predicted molar refractivity (Wildman–Crippen MR) is 101 cm³/mol. The molecule has 2 unspecified atom stereocenters. The maximum Gasteiger partial charge on any atom is -0.147 e. The van der Waals surface area contributed by atoms with Gasteiger partial charge >= 0.3 is 134 Å². The van der Waals surface area contributed by atoms with Gasteiger partial charge in [-0.15, -0.1) is 24.8 Å². The number of allylic oxidation sites excluding steroid dienone is 8. The summed E-state index contributed by atoms with van der Waals surface area (Å²) in [7, 11) is 0. The first-order chi connectivity index (χ1) is 10.4. The summed E-state index contributed by atoms with van der Waals surface area (Å²) in [6.07, 6.45) is 21.9. The van der Waals surface area contributed by atoms with Crippen molar-refractivity contribution in [2.45, 2.75) is 66.9 Å². The zero-order valence-corrected chi connectivity index (χ0v) is 17.9. The van der Waals surface area contributed by atoms with Crippen LogP contribution in [0.2, 0.25) is 15.5 Å². The molecule has 0 radical (unpaired) electrons. The maximum atomic E-state index is 2.69. The second kappa shape index (κ2) is 6.97. The molecule has 23 heavy (non-hydrogen) atoms. The third-order valence-electron chi connectivity index (χ3n) is 6.91. The Bertz CT molecular complexity index is 557. The molecule has 4 aliphatic carbocycles. The molecule has 5 aliphatic rings. The summed E-state index contributed by atoms with van der Waals surface area (Å²) in [6, 6.07) is 0. The van der Waals surface area contributed by atoms with Gasteiger partial charge < -0.3 is 0 Å². The van der Waals surface area contributed by atoms with Crippen molar-refractivity contribution in [1.82, 2.24) is 0 Å². The second-order valence-corrected chi connectivity index (χ2v) is 19.5. The first kappa shape index (κ1) is 18.2. The Labute approximate surface area is 157 Å². The smallest absolute Gasteiger partial charge is 0.147 e. The van der Waals surface area contributed by atoms with Crippen LogP contribution < -0.4 is 0 Å². The van der Waals surface area contributed by atoms with Crippen molar-refractivity contribution in [3.05, 3.63) is 46.6 Å². The second-order valence-electron chi connectivity index (χ2n) is 7.92. The molecule has 0 spiro atoms. The Hall–Kier alpha value is 0.423. The molecule has 0 aromatic carbocycles. The van der Waals surface area contributed by atoms with Crippen LogP contribution in [0.5, 0.6) is 0 Å². The van der Waals surface area contributed by atoms with Gasteiger partial charge in [0.25, 0.3) is 0 Å². The molecule has 2 atom stereocenters. The van der Waals surface area contributed by atoms with E-state index in [0.717, 1.165) is 7.25 Å². The summed E-state index contributed by atoms with van der Waals surface area (Å²) < 4.78 is 5.34. The summed E-state index contributed by atoms with van der Waals surface area (Å²) >= 11 is -1.96. The molecule has 0 saturated carbocycles. The molecule has 1 heterocycles. The Morgan fingerprint density at radius 2 is 1.09 bits per heavy atom. The zero-order chi connectivity index (χ0) is 13.9. The zero-order valence-electron chi connectivity index (χ0n) is 13.9. The largest absolute Gasteiger partial charge is 0.147 e. The predicted octanol–water partition coefficient (Wildman–Crippen LogP) is 7.29. The van der Waals surface area contributed by atoms with Gasteiger partial charge in [-0.3, -0.25) is 0 Å².